The third-order valence-corrected chi connectivity index (χ3v) is 10.9. The molecule has 3 fully saturated rings. The van der Waals surface area contributed by atoms with Crippen LogP contribution >= 0.6 is 11.6 Å². The maximum atomic E-state index is 14.1. The SMILES string of the molecule is O=C(N[C@@H](C(=O)N1CCN(CC2CCCCC2)CC1)C1CCN(CCc2cc(Cl)ccc2-c2ccccc2)CC1)OCc1ccccc1. The second kappa shape index (κ2) is 17.3. The highest BCUT2D eigenvalue weighted by Gasteiger charge is 2.37. The molecule has 0 unspecified atom stereocenters. The molecule has 1 N–H and O–H groups in total. The molecule has 3 aliphatic rings. The third kappa shape index (κ3) is 9.61. The summed E-state index contributed by atoms with van der Waals surface area (Å²) in [5.74, 6) is 0.891. The first kappa shape index (κ1) is 34.5. The van der Waals surface area contributed by atoms with E-state index in [1.54, 1.807) is 0 Å². The first-order chi connectivity index (χ1) is 23.5. The van der Waals surface area contributed by atoms with Crippen LogP contribution in [-0.4, -0.2) is 85.1 Å². The van der Waals surface area contributed by atoms with Crippen molar-refractivity contribution in [1.82, 2.24) is 20.0 Å². The summed E-state index contributed by atoms with van der Waals surface area (Å²) in [6, 6.07) is 25.7. The van der Waals surface area contributed by atoms with Gasteiger partial charge in [-0.2, -0.15) is 0 Å². The number of likely N-dealkylation sites (tertiary alicyclic amines) is 1. The van der Waals surface area contributed by atoms with Crippen molar-refractivity contribution >= 4 is 23.6 Å². The van der Waals surface area contributed by atoms with Crippen molar-refractivity contribution in [1.29, 1.82) is 0 Å². The lowest BCUT2D eigenvalue weighted by atomic mass is 9.87. The molecule has 1 saturated carbocycles. The van der Waals surface area contributed by atoms with Crippen molar-refractivity contribution in [2.45, 2.75) is 64.0 Å². The molecule has 7 nitrogen and oxygen atoms in total. The van der Waals surface area contributed by atoms with Gasteiger partial charge in [0.2, 0.25) is 5.91 Å². The van der Waals surface area contributed by atoms with Crippen molar-refractivity contribution in [3.8, 4) is 11.1 Å². The van der Waals surface area contributed by atoms with Gasteiger partial charge in [-0.15, -0.1) is 0 Å². The first-order valence-corrected chi connectivity index (χ1v) is 18.4. The number of alkyl carbamates (subject to hydrolysis) is 1. The average Bonchev–Trinajstić information content (AvgIpc) is 3.14. The fraction of sp³-hybridized carbons (Fsp3) is 0.500. The minimum atomic E-state index is -0.585. The topological polar surface area (TPSA) is 65.1 Å². The second-order valence-electron chi connectivity index (χ2n) is 13.9. The van der Waals surface area contributed by atoms with Crippen LogP contribution in [0.2, 0.25) is 5.02 Å². The van der Waals surface area contributed by atoms with Gasteiger partial charge in [-0.1, -0.05) is 97.6 Å². The maximum Gasteiger partial charge on any atom is 0.408 e. The Bertz CT molecular complexity index is 1450. The molecule has 3 aromatic carbocycles. The Labute approximate surface area is 291 Å². The smallest absolute Gasteiger partial charge is 0.408 e. The highest BCUT2D eigenvalue weighted by Crippen LogP contribution is 2.29. The monoisotopic (exact) mass is 670 g/mol. The fourth-order valence-electron chi connectivity index (χ4n) is 7.81. The predicted molar refractivity (Wildman–Crippen MR) is 193 cm³/mol. The van der Waals surface area contributed by atoms with E-state index in [1.807, 2.05) is 47.4 Å². The lowest BCUT2D eigenvalue weighted by Crippen LogP contribution is -2.58. The van der Waals surface area contributed by atoms with Gasteiger partial charge in [-0.05, 0) is 91.4 Å². The molecule has 0 aromatic heterocycles. The van der Waals surface area contributed by atoms with Gasteiger partial charge in [-0.3, -0.25) is 9.69 Å². The largest absolute Gasteiger partial charge is 0.445 e. The summed E-state index contributed by atoms with van der Waals surface area (Å²) in [5.41, 5.74) is 4.59. The second-order valence-corrected chi connectivity index (χ2v) is 14.3. The number of benzene rings is 3. The predicted octanol–water partition coefficient (Wildman–Crippen LogP) is 7.28. The zero-order chi connectivity index (χ0) is 33.1. The number of piperazine rings is 1. The van der Waals surface area contributed by atoms with Crippen LogP contribution in [0.4, 0.5) is 4.79 Å². The van der Waals surface area contributed by atoms with Gasteiger partial charge in [0.05, 0.1) is 0 Å². The number of hydrogen-bond donors (Lipinski definition) is 1. The zero-order valence-corrected chi connectivity index (χ0v) is 29.0. The molecule has 0 spiro atoms. The van der Waals surface area contributed by atoms with Crippen LogP contribution in [0.3, 0.4) is 0 Å². The Morgan fingerprint density at radius 2 is 1.48 bits per heavy atom. The summed E-state index contributed by atoms with van der Waals surface area (Å²) in [6.07, 6.45) is 8.81. The molecule has 48 heavy (non-hydrogen) atoms. The molecule has 2 aliphatic heterocycles. The molecule has 2 saturated heterocycles. The molecule has 1 atom stereocenters. The quantitative estimate of drug-likeness (QED) is 0.232. The van der Waals surface area contributed by atoms with E-state index < -0.39 is 12.1 Å². The van der Waals surface area contributed by atoms with Crippen LogP contribution in [0.1, 0.15) is 56.1 Å². The molecule has 6 rings (SSSR count). The van der Waals surface area contributed by atoms with E-state index in [0.717, 1.165) is 75.0 Å². The van der Waals surface area contributed by atoms with Crippen molar-refractivity contribution in [2.24, 2.45) is 11.8 Å². The Morgan fingerprint density at radius 1 is 0.792 bits per heavy atom. The van der Waals surface area contributed by atoms with Gasteiger partial charge in [-0.25, -0.2) is 4.79 Å². The number of piperidine rings is 1. The van der Waals surface area contributed by atoms with E-state index in [0.29, 0.717) is 13.1 Å². The van der Waals surface area contributed by atoms with Crippen LogP contribution in [0.5, 0.6) is 0 Å². The van der Waals surface area contributed by atoms with E-state index in [2.05, 4.69) is 51.5 Å². The van der Waals surface area contributed by atoms with Crippen LogP contribution in [0.15, 0.2) is 78.9 Å². The Kier molecular flexibility index (Phi) is 12.4. The van der Waals surface area contributed by atoms with Crippen molar-refractivity contribution in [2.75, 3.05) is 52.4 Å². The number of hydrogen-bond acceptors (Lipinski definition) is 5. The third-order valence-electron chi connectivity index (χ3n) is 10.6. The van der Waals surface area contributed by atoms with Crippen LogP contribution < -0.4 is 5.32 Å². The van der Waals surface area contributed by atoms with Crippen molar-refractivity contribution in [3.63, 3.8) is 0 Å². The molecular weight excluding hydrogens is 620 g/mol. The molecule has 2 amide bonds. The number of amides is 2. The van der Waals surface area contributed by atoms with Crippen LogP contribution in [0.25, 0.3) is 11.1 Å². The minimum Gasteiger partial charge on any atom is -0.445 e. The molecule has 0 bridgehead atoms. The number of ether oxygens (including phenoxy) is 1. The average molecular weight is 671 g/mol. The fourth-order valence-corrected chi connectivity index (χ4v) is 8.01. The van der Waals surface area contributed by atoms with Gasteiger partial charge in [0.15, 0.2) is 0 Å². The zero-order valence-electron chi connectivity index (χ0n) is 28.2. The van der Waals surface area contributed by atoms with E-state index in [9.17, 15) is 9.59 Å². The number of nitrogens with one attached hydrogen (secondary N) is 1. The van der Waals surface area contributed by atoms with Gasteiger partial charge in [0.1, 0.15) is 12.6 Å². The number of carbonyl (C=O) groups is 2. The number of carbonyl (C=O) groups excluding carboxylic acids is 2. The summed E-state index contributed by atoms with van der Waals surface area (Å²) >= 11 is 6.43. The van der Waals surface area contributed by atoms with Crippen molar-refractivity contribution in [3.05, 3.63) is 95.0 Å². The standard InChI is InChI=1S/C40H51ClN4O3/c41-36-16-17-37(33-14-8-3-9-15-33)35(28-36)20-23-43-21-18-34(19-22-43)38(42-40(47)48-30-32-12-6-2-7-13-32)39(46)45-26-24-44(25-27-45)29-31-10-4-1-5-11-31/h2-3,6-9,12-17,28,31,34,38H,1,4-5,10-11,18-27,29-30H2,(H,42,47)/t38-/m1/s1. The minimum absolute atomic E-state index is 0.0360. The summed E-state index contributed by atoms with van der Waals surface area (Å²) in [4.78, 5) is 34.2. The number of halogens is 1. The Morgan fingerprint density at radius 3 is 2.19 bits per heavy atom. The molecule has 256 valence electrons. The van der Waals surface area contributed by atoms with Gasteiger partial charge >= 0.3 is 6.09 Å². The van der Waals surface area contributed by atoms with E-state index in [4.69, 9.17) is 16.3 Å². The summed E-state index contributed by atoms with van der Waals surface area (Å²) in [6.45, 7) is 7.24. The maximum absolute atomic E-state index is 14.1. The summed E-state index contributed by atoms with van der Waals surface area (Å²) < 4.78 is 5.60. The van der Waals surface area contributed by atoms with Gasteiger partial charge in [0, 0.05) is 44.3 Å². The van der Waals surface area contributed by atoms with Gasteiger partial charge < -0.3 is 19.9 Å². The number of nitrogens with zero attached hydrogens (tertiary/aromatic N) is 3. The molecular formula is C40H51ClN4O3. The molecule has 0 radical (unpaired) electrons. The van der Waals surface area contributed by atoms with E-state index in [-0.39, 0.29) is 18.4 Å². The molecule has 1 aliphatic carbocycles. The normalized spacial score (nSPS) is 19.1. The molecule has 2 heterocycles. The molecule has 3 aromatic rings. The lowest BCUT2D eigenvalue weighted by molar-refractivity contribution is -0.137. The first-order valence-electron chi connectivity index (χ1n) is 18.1. The lowest BCUT2D eigenvalue weighted by Gasteiger charge is -2.41. The summed E-state index contributed by atoms with van der Waals surface area (Å²) in [7, 11) is 0. The highest BCUT2D eigenvalue weighted by molar-refractivity contribution is 6.30. The van der Waals surface area contributed by atoms with Crippen LogP contribution in [-0.2, 0) is 22.6 Å². The van der Waals surface area contributed by atoms with Crippen molar-refractivity contribution < 1.29 is 14.3 Å². The summed E-state index contributed by atoms with van der Waals surface area (Å²) in [5, 5.41) is 3.79. The Hall–Kier alpha value is -3.39. The van der Waals surface area contributed by atoms with E-state index >= 15 is 0 Å². The highest BCUT2D eigenvalue weighted by atomic mass is 35.5. The van der Waals surface area contributed by atoms with Gasteiger partial charge in [0.25, 0.3) is 0 Å². The Balaban J connectivity index is 1.05. The molecule has 8 heteroatoms. The van der Waals surface area contributed by atoms with Crippen LogP contribution in [0, 0.1) is 11.8 Å². The van der Waals surface area contributed by atoms with E-state index in [1.165, 1.54) is 48.8 Å². The number of rotatable bonds is 11.